The molecule has 3 rings (SSSR count). The fourth-order valence-electron chi connectivity index (χ4n) is 4.35. The number of nitrogens with zero attached hydrogens (tertiary/aromatic N) is 4. The molecule has 2 aromatic rings. The highest BCUT2D eigenvalue weighted by molar-refractivity contribution is 5.85. The van der Waals surface area contributed by atoms with Gasteiger partial charge in [-0.1, -0.05) is 0 Å². The molecule has 1 fully saturated rings. The van der Waals surface area contributed by atoms with E-state index in [9.17, 15) is 19.2 Å². The van der Waals surface area contributed by atoms with Gasteiger partial charge in [-0.3, -0.25) is 23.7 Å². The summed E-state index contributed by atoms with van der Waals surface area (Å²) in [4.78, 5) is 59.7. The topological polar surface area (TPSA) is 182 Å². The number of amides is 1. The number of hydrogen-bond donors (Lipinski definition) is 2. The zero-order valence-electron chi connectivity index (χ0n) is 25.2. The predicted octanol–water partition coefficient (Wildman–Crippen LogP) is 1.32. The number of ketones is 1. The number of imidazole rings is 1. The zero-order chi connectivity index (χ0) is 31.2. The Morgan fingerprint density at radius 2 is 1.71 bits per heavy atom. The molecule has 4 atom stereocenters. The normalized spacial score (nSPS) is 20.2. The van der Waals surface area contributed by atoms with Crippen LogP contribution in [0.25, 0.3) is 11.2 Å². The Bertz CT molecular complexity index is 1230. The smallest absolute Gasteiger partial charge is 0.303 e. The Hall–Kier alpha value is -3.69. The van der Waals surface area contributed by atoms with Gasteiger partial charge in [0.05, 0.1) is 32.3 Å². The van der Waals surface area contributed by atoms with Crippen LogP contribution in [0.1, 0.15) is 61.0 Å². The fraction of sp³-hybridized carbons (Fsp3) is 0.667. The van der Waals surface area contributed by atoms with Gasteiger partial charge in [-0.25, -0.2) is 15.0 Å². The summed E-state index contributed by atoms with van der Waals surface area (Å²) < 4.78 is 37.2. The number of nitrogens with one attached hydrogen (secondary N) is 2. The highest BCUT2D eigenvalue weighted by Gasteiger charge is 2.48. The van der Waals surface area contributed by atoms with Gasteiger partial charge < -0.3 is 34.3 Å². The van der Waals surface area contributed by atoms with Crippen LogP contribution in [0.4, 0.5) is 5.82 Å². The SMILES string of the molecule is [2H]C[C@H]1O[C@@H](n2cnc3c(NCCOCCOCCCC(=O)CCC(=O)NCC)ncnc32)[C@@H](OC(C)=O)C1OC(C)=O. The highest BCUT2D eigenvalue weighted by atomic mass is 16.6. The number of anilines is 1. The molecule has 1 aliphatic rings. The average Bonchev–Trinajstić information content (AvgIpc) is 3.54. The number of carbonyl (C=O) groups excluding carboxylic acids is 4. The molecule has 0 saturated carbocycles. The van der Waals surface area contributed by atoms with E-state index in [0.29, 0.717) is 69.3 Å². The minimum atomic E-state index is -1.00. The lowest BCUT2D eigenvalue weighted by Crippen LogP contribution is -2.38. The van der Waals surface area contributed by atoms with Crippen LogP contribution in [0.2, 0.25) is 0 Å². The van der Waals surface area contributed by atoms with Crippen LogP contribution in [0.5, 0.6) is 0 Å². The van der Waals surface area contributed by atoms with Crippen molar-refractivity contribution in [2.45, 2.75) is 77.9 Å². The summed E-state index contributed by atoms with van der Waals surface area (Å²) in [5, 5.41) is 5.83. The standard InChI is InChI=1S/C27H40N6O9/c1-5-28-21(37)9-8-20(36)7-6-11-38-13-14-39-12-10-29-25-22-26(31-15-30-25)33(16-32-22)27-24(42-19(4)35)23(17(2)40-27)41-18(3)34/h15-17,23-24,27H,5-14H2,1-4H3,(H,28,37)(H,29,30,31)/t17-,23?,24+,27-/m1/s1/i2D. The molecule has 2 N–H and O–H groups in total. The van der Waals surface area contributed by atoms with Gasteiger partial charge in [0.2, 0.25) is 5.91 Å². The van der Waals surface area contributed by atoms with E-state index in [1.54, 1.807) is 4.57 Å². The van der Waals surface area contributed by atoms with Gasteiger partial charge in [-0.15, -0.1) is 0 Å². The van der Waals surface area contributed by atoms with Crippen molar-refractivity contribution in [1.29, 1.82) is 0 Å². The van der Waals surface area contributed by atoms with Crippen molar-refractivity contribution in [2.24, 2.45) is 0 Å². The third-order valence-corrected chi connectivity index (χ3v) is 6.18. The van der Waals surface area contributed by atoms with Gasteiger partial charge in [-0.2, -0.15) is 0 Å². The number of hydrogen-bond acceptors (Lipinski definition) is 13. The van der Waals surface area contributed by atoms with Crippen molar-refractivity contribution in [2.75, 3.05) is 44.8 Å². The van der Waals surface area contributed by atoms with Gasteiger partial charge >= 0.3 is 11.9 Å². The molecular formula is C27H40N6O9. The highest BCUT2D eigenvalue weighted by Crippen LogP contribution is 2.35. The molecule has 1 amide bonds. The number of Topliss-reactive ketones (excluding diaryl/α,β-unsaturated/α-hetero) is 1. The van der Waals surface area contributed by atoms with Gasteiger partial charge in [0, 0.05) is 54.2 Å². The molecule has 0 bridgehead atoms. The lowest BCUT2D eigenvalue weighted by atomic mass is 10.1. The van der Waals surface area contributed by atoms with E-state index in [1.165, 1.54) is 26.5 Å². The predicted molar refractivity (Wildman–Crippen MR) is 148 cm³/mol. The van der Waals surface area contributed by atoms with E-state index in [4.69, 9.17) is 25.1 Å². The van der Waals surface area contributed by atoms with Crippen LogP contribution in [-0.2, 0) is 42.9 Å². The third-order valence-electron chi connectivity index (χ3n) is 6.18. The zero-order valence-corrected chi connectivity index (χ0v) is 24.2. The summed E-state index contributed by atoms with van der Waals surface area (Å²) >= 11 is 0. The molecule has 0 aliphatic carbocycles. The molecule has 3 heterocycles. The summed E-state index contributed by atoms with van der Waals surface area (Å²) in [6.45, 7) is 6.63. The summed E-state index contributed by atoms with van der Waals surface area (Å²) in [7, 11) is 0. The minimum Gasteiger partial charge on any atom is -0.456 e. The molecule has 1 saturated heterocycles. The second-order valence-electron chi connectivity index (χ2n) is 9.51. The molecule has 1 unspecified atom stereocenters. The van der Waals surface area contributed by atoms with Crippen LogP contribution in [-0.4, -0.2) is 101 Å². The second kappa shape index (κ2) is 16.7. The van der Waals surface area contributed by atoms with Crippen molar-refractivity contribution in [1.82, 2.24) is 24.8 Å². The first-order valence-electron chi connectivity index (χ1n) is 14.6. The summed E-state index contributed by atoms with van der Waals surface area (Å²) in [6.07, 6.45) is 0.535. The Morgan fingerprint density at radius 3 is 2.43 bits per heavy atom. The Morgan fingerprint density at radius 1 is 0.976 bits per heavy atom. The molecule has 232 valence electrons. The molecule has 2 aromatic heterocycles. The van der Waals surface area contributed by atoms with Gasteiger partial charge in [-0.05, 0) is 20.2 Å². The first-order chi connectivity index (χ1) is 20.7. The molecule has 15 heteroatoms. The van der Waals surface area contributed by atoms with E-state index in [-0.39, 0.29) is 31.4 Å². The molecule has 15 nitrogen and oxygen atoms in total. The van der Waals surface area contributed by atoms with Gasteiger partial charge in [0.1, 0.15) is 12.1 Å². The van der Waals surface area contributed by atoms with Crippen LogP contribution in [0.15, 0.2) is 12.7 Å². The van der Waals surface area contributed by atoms with Crippen LogP contribution in [0.3, 0.4) is 0 Å². The molecule has 42 heavy (non-hydrogen) atoms. The van der Waals surface area contributed by atoms with Crippen molar-refractivity contribution in [3.8, 4) is 0 Å². The lowest BCUT2D eigenvalue weighted by molar-refractivity contribution is -0.165. The van der Waals surface area contributed by atoms with E-state index in [0.717, 1.165) is 0 Å². The molecular weight excluding hydrogens is 552 g/mol. The maximum atomic E-state index is 11.8. The largest absolute Gasteiger partial charge is 0.456 e. The quantitative estimate of drug-likeness (QED) is 0.187. The number of esters is 2. The Balaban J connectivity index is 1.43. The van der Waals surface area contributed by atoms with Crippen LogP contribution >= 0.6 is 0 Å². The minimum absolute atomic E-state index is 0.0454. The maximum Gasteiger partial charge on any atom is 0.303 e. The monoisotopic (exact) mass is 593 g/mol. The van der Waals surface area contributed by atoms with Gasteiger partial charge in [0.15, 0.2) is 35.4 Å². The first-order valence-corrected chi connectivity index (χ1v) is 13.9. The molecule has 1 aliphatic heterocycles. The average molecular weight is 594 g/mol. The second-order valence-corrected chi connectivity index (χ2v) is 9.51. The van der Waals surface area contributed by atoms with Crippen LogP contribution in [0, 0.1) is 0 Å². The van der Waals surface area contributed by atoms with E-state index >= 15 is 0 Å². The number of ether oxygens (including phenoxy) is 5. The summed E-state index contributed by atoms with van der Waals surface area (Å²) in [6, 6.07) is 0. The number of aromatic nitrogens is 4. The van der Waals surface area contributed by atoms with Crippen molar-refractivity contribution in [3.63, 3.8) is 0 Å². The Labute approximate surface area is 245 Å². The first kappa shape index (κ1) is 31.3. The van der Waals surface area contributed by atoms with Crippen LogP contribution < -0.4 is 10.6 Å². The van der Waals surface area contributed by atoms with E-state index in [2.05, 4.69) is 25.6 Å². The van der Waals surface area contributed by atoms with Gasteiger partial charge in [0.25, 0.3) is 0 Å². The van der Waals surface area contributed by atoms with Crippen molar-refractivity contribution >= 4 is 40.6 Å². The van der Waals surface area contributed by atoms with Crippen molar-refractivity contribution < 1.29 is 44.2 Å². The number of rotatable bonds is 18. The fourth-order valence-corrected chi connectivity index (χ4v) is 4.35. The van der Waals surface area contributed by atoms with E-state index < -0.39 is 36.5 Å². The molecule has 0 aromatic carbocycles. The Kier molecular flexibility index (Phi) is 12.4. The maximum absolute atomic E-state index is 11.8. The number of fused-ring (bicyclic) bond motifs is 1. The summed E-state index contributed by atoms with van der Waals surface area (Å²) in [5.41, 5.74) is 0.832. The summed E-state index contributed by atoms with van der Waals surface area (Å²) in [5.74, 6) is -0.783. The van der Waals surface area contributed by atoms with Crippen molar-refractivity contribution in [3.05, 3.63) is 12.7 Å². The van der Waals surface area contributed by atoms with E-state index in [1.807, 2.05) is 6.92 Å². The molecule has 0 spiro atoms. The lowest BCUT2D eigenvalue weighted by Gasteiger charge is -2.23. The molecule has 0 radical (unpaired) electrons. The number of carbonyl (C=O) groups is 4. The third kappa shape index (κ3) is 9.70.